The lowest BCUT2D eigenvalue weighted by Gasteiger charge is -2.12. The van der Waals surface area contributed by atoms with E-state index in [0.29, 0.717) is 35.3 Å². The number of benzene rings is 2. The zero-order chi connectivity index (χ0) is 24.8. The summed E-state index contributed by atoms with van der Waals surface area (Å²) in [7, 11) is 0. The molecule has 0 fully saturated rings. The van der Waals surface area contributed by atoms with Gasteiger partial charge in [0.2, 0.25) is 5.91 Å². The SMILES string of the molecule is Cc1cc(C(=O)NCC(C)C)ccc1NC(=O)CCNc1ccc(C(F)(F)F)cc1[N+](=O)[O-]. The van der Waals surface area contributed by atoms with Gasteiger partial charge in [0.15, 0.2) is 0 Å². The van der Waals surface area contributed by atoms with Crippen LogP contribution in [-0.2, 0) is 11.0 Å². The maximum Gasteiger partial charge on any atom is 0.416 e. The van der Waals surface area contributed by atoms with Crippen molar-refractivity contribution in [3.05, 3.63) is 63.2 Å². The highest BCUT2D eigenvalue weighted by molar-refractivity contribution is 5.96. The molecular formula is C22H25F3N4O4. The minimum Gasteiger partial charge on any atom is -0.379 e. The van der Waals surface area contributed by atoms with E-state index in [1.165, 1.54) is 0 Å². The number of nitrogens with zero attached hydrogens (tertiary/aromatic N) is 1. The Morgan fingerprint density at radius 2 is 1.76 bits per heavy atom. The van der Waals surface area contributed by atoms with Crippen LogP contribution in [0.25, 0.3) is 0 Å². The van der Waals surface area contributed by atoms with Gasteiger partial charge in [-0.3, -0.25) is 19.7 Å². The fourth-order valence-corrected chi connectivity index (χ4v) is 2.88. The highest BCUT2D eigenvalue weighted by atomic mass is 19.4. The number of nitro groups is 1. The predicted molar refractivity (Wildman–Crippen MR) is 118 cm³/mol. The number of halogens is 3. The molecule has 0 unspecified atom stereocenters. The van der Waals surface area contributed by atoms with Crippen molar-refractivity contribution in [2.24, 2.45) is 5.92 Å². The summed E-state index contributed by atoms with van der Waals surface area (Å²) in [6.45, 7) is 6.20. The molecule has 0 aliphatic carbocycles. The summed E-state index contributed by atoms with van der Waals surface area (Å²) in [4.78, 5) is 34.6. The normalized spacial score (nSPS) is 11.2. The zero-order valence-electron chi connectivity index (χ0n) is 18.4. The molecule has 0 atom stereocenters. The van der Waals surface area contributed by atoms with Gasteiger partial charge in [-0.1, -0.05) is 13.8 Å². The second kappa shape index (κ2) is 10.8. The van der Waals surface area contributed by atoms with Gasteiger partial charge in [0.25, 0.3) is 11.6 Å². The second-order valence-corrected chi connectivity index (χ2v) is 7.85. The van der Waals surface area contributed by atoms with Crippen LogP contribution >= 0.6 is 0 Å². The van der Waals surface area contributed by atoms with Crippen molar-refractivity contribution in [1.82, 2.24) is 5.32 Å². The molecule has 0 saturated carbocycles. The monoisotopic (exact) mass is 466 g/mol. The summed E-state index contributed by atoms with van der Waals surface area (Å²) in [6, 6.07) is 6.98. The average Bonchev–Trinajstić information content (AvgIpc) is 2.72. The van der Waals surface area contributed by atoms with E-state index < -0.39 is 28.3 Å². The molecule has 0 spiro atoms. The summed E-state index contributed by atoms with van der Waals surface area (Å²) < 4.78 is 38.3. The van der Waals surface area contributed by atoms with E-state index in [9.17, 15) is 32.9 Å². The topological polar surface area (TPSA) is 113 Å². The van der Waals surface area contributed by atoms with Gasteiger partial charge in [0.1, 0.15) is 5.69 Å². The molecular weight excluding hydrogens is 441 g/mol. The molecule has 0 bridgehead atoms. The molecule has 0 aromatic heterocycles. The van der Waals surface area contributed by atoms with E-state index in [1.807, 2.05) is 13.8 Å². The van der Waals surface area contributed by atoms with Crippen LogP contribution in [0.15, 0.2) is 36.4 Å². The number of aryl methyl sites for hydroxylation is 1. The fourth-order valence-electron chi connectivity index (χ4n) is 2.88. The number of nitro benzene ring substituents is 1. The minimum absolute atomic E-state index is 0.0349. The quantitative estimate of drug-likeness (QED) is 0.365. The van der Waals surface area contributed by atoms with E-state index in [1.54, 1.807) is 25.1 Å². The Morgan fingerprint density at radius 3 is 2.33 bits per heavy atom. The Balaban J connectivity index is 1.96. The lowest BCUT2D eigenvalue weighted by Crippen LogP contribution is -2.27. The number of rotatable bonds is 9. The summed E-state index contributed by atoms with van der Waals surface area (Å²) in [6.07, 6.45) is -4.79. The first-order valence-corrected chi connectivity index (χ1v) is 10.2. The predicted octanol–water partition coefficient (Wildman–Crippen LogP) is 4.75. The molecule has 33 heavy (non-hydrogen) atoms. The number of anilines is 2. The third kappa shape index (κ3) is 7.48. The summed E-state index contributed by atoms with van der Waals surface area (Å²) in [5.74, 6) is -0.310. The van der Waals surface area contributed by atoms with Crippen LogP contribution in [0.4, 0.5) is 30.2 Å². The van der Waals surface area contributed by atoms with Gasteiger partial charge in [-0.25, -0.2) is 0 Å². The molecule has 2 aromatic carbocycles. The van der Waals surface area contributed by atoms with Crippen LogP contribution in [0.1, 0.15) is 41.8 Å². The zero-order valence-corrected chi connectivity index (χ0v) is 18.4. The number of carbonyl (C=O) groups is 2. The van der Waals surface area contributed by atoms with Crippen molar-refractivity contribution in [1.29, 1.82) is 0 Å². The van der Waals surface area contributed by atoms with Crippen molar-refractivity contribution in [3.8, 4) is 0 Å². The summed E-state index contributed by atoms with van der Waals surface area (Å²) in [5.41, 5.74) is -0.342. The average molecular weight is 466 g/mol. The molecule has 2 amide bonds. The Bertz CT molecular complexity index is 1040. The van der Waals surface area contributed by atoms with E-state index in [4.69, 9.17) is 0 Å². The number of hydrogen-bond acceptors (Lipinski definition) is 5. The number of hydrogen-bond donors (Lipinski definition) is 3. The Labute approximate surface area is 188 Å². The van der Waals surface area contributed by atoms with Gasteiger partial charge in [-0.15, -0.1) is 0 Å². The van der Waals surface area contributed by atoms with E-state index in [2.05, 4.69) is 16.0 Å². The number of carbonyl (C=O) groups excluding carboxylic acids is 2. The summed E-state index contributed by atoms with van der Waals surface area (Å²) in [5, 5.41) is 19.2. The Kier molecular flexibility index (Phi) is 8.38. The number of alkyl halides is 3. The van der Waals surface area contributed by atoms with Crippen molar-refractivity contribution in [3.63, 3.8) is 0 Å². The maximum absolute atomic E-state index is 12.8. The highest BCUT2D eigenvalue weighted by Crippen LogP contribution is 2.34. The first-order chi connectivity index (χ1) is 15.4. The number of amides is 2. The molecule has 2 aromatic rings. The van der Waals surface area contributed by atoms with Crippen molar-refractivity contribution in [2.45, 2.75) is 33.4 Å². The minimum atomic E-state index is -4.70. The molecule has 2 rings (SSSR count). The smallest absolute Gasteiger partial charge is 0.379 e. The van der Waals surface area contributed by atoms with Crippen LogP contribution in [0, 0.1) is 23.0 Å². The molecule has 11 heteroatoms. The van der Waals surface area contributed by atoms with Crippen LogP contribution in [0.2, 0.25) is 0 Å². The number of nitrogens with one attached hydrogen (secondary N) is 3. The second-order valence-electron chi connectivity index (χ2n) is 7.85. The van der Waals surface area contributed by atoms with E-state index >= 15 is 0 Å². The molecule has 0 aliphatic rings. The van der Waals surface area contributed by atoms with Gasteiger partial charge >= 0.3 is 6.18 Å². The first-order valence-electron chi connectivity index (χ1n) is 10.2. The van der Waals surface area contributed by atoms with Crippen molar-refractivity contribution >= 4 is 28.9 Å². The molecule has 0 heterocycles. The van der Waals surface area contributed by atoms with E-state index in [-0.39, 0.29) is 24.6 Å². The lowest BCUT2D eigenvalue weighted by atomic mass is 10.1. The third-order valence-corrected chi connectivity index (χ3v) is 4.62. The van der Waals surface area contributed by atoms with Crippen LogP contribution in [0.5, 0.6) is 0 Å². The van der Waals surface area contributed by atoms with Gasteiger partial charge in [0.05, 0.1) is 10.5 Å². The molecule has 178 valence electrons. The van der Waals surface area contributed by atoms with Crippen LogP contribution in [-0.4, -0.2) is 29.8 Å². The molecule has 8 nitrogen and oxygen atoms in total. The van der Waals surface area contributed by atoms with Crippen LogP contribution < -0.4 is 16.0 Å². The van der Waals surface area contributed by atoms with Crippen molar-refractivity contribution in [2.75, 3.05) is 23.7 Å². The largest absolute Gasteiger partial charge is 0.416 e. The first kappa shape index (κ1) is 25.6. The maximum atomic E-state index is 12.8. The third-order valence-electron chi connectivity index (χ3n) is 4.62. The Morgan fingerprint density at radius 1 is 1.09 bits per heavy atom. The lowest BCUT2D eigenvalue weighted by molar-refractivity contribution is -0.384. The molecule has 0 radical (unpaired) electrons. The Hall–Kier alpha value is -3.63. The molecule has 0 aliphatic heterocycles. The van der Waals surface area contributed by atoms with Gasteiger partial charge in [-0.2, -0.15) is 13.2 Å². The van der Waals surface area contributed by atoms with Gasteiger partial charge in [0, 0.05) is 36.8 Å². The van der Waals surface area contributed by atoms with Crippen LogP contribution in [0.3, 0.4) is 0 Å². The summed E-state index contributed by atoms with van der Waals surface area (Å²) >= 11 is 0. The van der Waals surface area contributed by atoms with E-state index in [0.717, 1.165) is 12.1 Å². The standard InChI is InChI=1S/C22H25F3N4O4/c1-13(2)12-27-21(31)15-4-6-17(14(3)10-15)28-20(30)8-9-26-18-7-5-16(22(23,24)25)11-19(18)29(32)33/h4-7,10-11,13,26H,8-9,12H2,1-3H3,(H,27,31)(H,28,30). The molecule has 3 N–H and O–H groups in total. The van der Waals surface area contributed by atoms with Crippen molar-refractivity contribution < 1.29 is 27.7 Å². The fraction of sp³-hybridized carbons (Fsp3) is 0.364. The molecule has 0 saturated heterocycles. The van der Waals surface area contributed by atoms with Gasteiger partial charge in [-0.05, 0) is 48.7 Å². The van der Waals surface area contributed by atoms with Gasteiger partial charge < -0.3 is 16.0 Å². The highest BCUT2D eigenvalue weighted by Gasteiger charge is 2.33.